The van der Waals surface area contributed by atoms with E-state index in [1.807, 2.05) is 0 Å². The van der Waals surface area contributed by atoms with Crippen molar-refractivity contribution in [1.82, 2.24) is 0 Å². The van der Waals surface area contributed by atoms with Gasteiger partial charge >= 0.3 is 0 Å². The number of hydrogen-bond acceptors (Lipinski definition) is 0. The molecule has 24 heavy (non-hydrogen) atoms. The Labute approximate surface area is 159 Å². The van der Waals surface area contributed by atoms with E-state index in [1.54, 1.807) is 0 Å². The van der Waals surface area contributed by atoms with Gasteiger partial charge in [0.1, 0.15) is 0 Å². The lowest BCUT2D eigenvalue weighted by molar-refractivity contribution is 0.606. The summed E-state index contributed by atoms with van der Waals surface area (Å²) in [4.78, 5) is 0. The SMILES string of the molecule is CCCCCCCCC=CCCCCCCCC.CCCCCCl. The number of allylic oxidation sites excluding steroid dienone is 2. The first-order valence-corrected chi connectivity index (χ1v) is 11.6. The summed E-state index contributed by atoms with van der Waals surface area (Å²) in [6, 6.07) is 0. The van der Waals surface area contributed by atoms with E-state index in [0.717, 1.165) is 5.88 Å². The highest BCUT2D eigenvalue weighted by Gasteiger charge is 1.89. The zero-order valence-corrected chi connectivity index (χ0v) is 18.0. The van der Waals surface area contributed by atoms with Crippen LogP contribution in [0.25, 0.3) is 0 Å². The Morgan fingerprint density at radius 2 is 0.792 bits per heavy atom. The van der Waals surface area contributed by atoms with Gasteiger partial charge in [-0.15, -0.1) is 11.6 Å². The standard InChI is InChI=1S/C18H36.C5H11Cl/c1-3-5-7-9-11-13-15-17-18-16-14-12-10-8-6-4-2;1-2-3-4-5-6/h17-18H,3-16H2,1-2H3;2-5H2,1H3. The second-order valence-electron chi connectivity index (χ2n) is 6.98. The summed E-state index contributed by atoms with van der Waals surface area (Å²) in [5, 5.41) is 0. The highest BCUT2D eigenvalue weighted by Crippen LogP contribution is 2.09. The Kier molecular flexibility index (Phi) is 30.5. The fourth-order valence-electron chi connectivity index (χ4n) is 2.67. The molecule has 0 aliphatic heterocycles. The summed E-state index contributed by atoms with van der Waals surface area (Å²) in [7, 11) is 0. The molecule has 0 nitrogen and oxygen atoms in total. The number of unbranched alkanes of at least 4 members (excludes halogenated alkanes) is 14. The molecule has 0 saturated heterocycles. The molecular weight excluding hydrogens is 312 g/mol. The topological polar surface area (TPSA) is 0 Å². The molecule has 0 N–H and O–H groups in total. The molecule has 0 aliphatic carbocycles. The van der Waals surface area contributed by atoms with Crippen molar-refractivity contribution in [2.24, 2.45) is 0 Å². The normalized spacial score (nSPS) is 10.8. The Bertz CT molecular complexity index is 188. The van der Waals surface area contributed by atoms with Crippen molar-refractivity contribution in [2.75, 3.05) is 5.88 Å². The molecule has 146 valence electrons. The van der Waals surface area contributed by atoms with Crippen LogP contribution in [-0.4, -0.2) is 5.88 Å². The largest absolute Gasteiger partial charge is 0.127 e. The van der Waals surface area contributed by atoms with E-state index in [2.05, 4.69) is 32.9 Å². The van der Waals surface area contributed by atoms with Gasteiger partial charge in [-0.3, -0.25) is 0 Å². The quantitative estimate of drug-likeness (QED) is 0.138. The summed E-state index contributed by atoms with van der Waals surface area (Å²) in [5.41, 5.74) is 0. The maximum absolute atomic E-state index is 5.38. The Morgan fingerprint density at radius 1 is 0.458 bits per heavy atom. The molecule has 0 heterocycles. The molecule has 0 spiro atoms. The first-order chi connectivity index (χ1) is 11.8. The van der Waals surface area contributed by atoms with Gasteiger partial charge in [-0.1, -0.05) is 110 Å². The third-order valence-electron chi connectivity index (χ3n) is 4.35. The molecular formula is C23H47Cl. The molecule has 0 saturated carbocycles. The number of alkyl halides is 1. The summed E-state index contributed by atoms with van der Waals surface area (Å²) in [6.45, 7) is 6.74. The lowest BCUT2D eigenvalue weighted by atomic mass is 10.1. The van der Waals surface area contributed by atoms with Gasteiger partial charge in [0, 0.05) is 5.88 Å². The van der Waals surface area contributed by atoms with Gasteiger partial charge in [0.05, 0.1) is 0 Å². The van der Waals surface area contributed by atoms with Crippen LogP contribution in [0.4, 0.5) is 0 Å². The average Bonchev–Trinajstić information content (AvgIpc) is 2.61. The van der Waals surface area contributed by atoms with Crippen molar-refractivity contribution in [2.45, 2.75) is 130 Å². The van der Waals surface area contributed by atoms with E-state index in [9.17, 15) is 0 Å². The monoisotopic (exact) mass is 358 g/mol. The van der Waals surface area contributed by atoms with Crippen molar-refractivity contribution < 1.29 is 0 Å². The minimum absolute atomic E-state index is 0.827. The van der Waals surface area contributed by atoms with Gasteiger partial charge in [0.25, 0.3) is 0 Å². The van der Waals surface area contributed by atoms with E-state index in [4.69, 9.17) is 11.6 Å². The van der Waals surface area contributed by atoms with Crippen LogP contribution in [0.5, 0.6) is 0 Å². The fraction of sp³-hybridized carbons (Fsp3) is 0.913. The van der Waals surface area contributed by atoms with E-state index in [1.165, 1.54) is 109 Å². The van der Waals surface area contributed by atoms with Crippen molar-refractivity contribution >= 4 is 11.6 Å². The van der Waals surface area contributed by atoms with Crippen LogP contribution in [0.15, 0.2) is 12.2 Å². The highest BCUT2D eigenvalue weighted by atomic mass is 35.5. The van der Waals surface area contributed by atoms with Crippen molar-refractivity contribution in [3.8, 4) is 0 Å². The summed E-state index contributed by atoms with van der Waals surface area (Å²) in [5.74, 6) is 0.827. The van der Waals surface area contributed by atoms with E-state index in [0.29, 0.717) is 0 Å². The molecule has 0 aliphatic rings. The summed E-state index contributed by atoms with van der Waals surface area (Å²) < 4.78 is 0. The zero-order chi connectivity index (χ0) is 18.1. The molecule has 0 bridgehead atoms. The minimum Gasteiger partial charge on any atom is -0.127 e. The molecule has 0 aromatic rings. The molecule has 0 aromatic carbocycles. The van der Waals surface area contributed by atoms with Crippen molar-refractivity contribution in [1.29, 1.82) is 0 Å². The van der Waals surface area contributed by atoms with Crippen LogP contribution >= 0.6 is 11.6 Å². The van der Waals surface area contributed by atoms with Gasteiger partial charge in [-0.2, -0.15) is 0 Å². The molecule has 0 fully saturated rings. The maximum atomic E-state index is 5.38. The predicted molar refractivity (Wildman–Crippen MR) is 115 cm³/mol. The lowest BCUT2D eigenvalue weighted by Crippen LogP contribution is -1.79. The van der Waals surface area contributed by atoms with Crippen LogP contribution < -0.4 is 0 Å². The second-order valence-corrected chi connectivity index (χ2v) is 7.36. The molecule has 0 atom stereocenters. The zero-order valence-electron chi connectivity index (χ0n) is 17.3. The van der Waals surface area contributed by atoms with Crippen LogP contribution in [0, 0.1) is 0 Å². The van der Waals surface area contributed by atoms with Crippen molar-refractivity contribution in [3.05, 3.63) is 12.2 Å². The first kappa shape index (κ1) is 26.3. The van der Waals surface area contributed by atoms with Gasteiger partial charge in [-0.25, -0.2) is 0 Å². The third kappa shape index (κ3) is 30.0. The molecule has 0 radical (unpaired) electrons. The van der Waals surface area contributed by atoms with Crippen LogP contribution in [0.2, 0.25) is 0 Å². The second kappa shape index (κ2) is 27.9. The maximum Gasteiger partial charge on any atom is 0.0223 e. The number of rotatable bonds is 17. The van der Waals surface area contributed by atoms with Crippen LogP contribution in [0.1, 0.15) is 130 Å². The van der Waals surface area contributed by atoms with E-state index in [-0.39, 0.29) is 0 Å². The average molecular weight is 359 g/mol. The summed E-state index contributed by atoms with van der Waals surface area (Å²) in [6.07, 6.45) is 28.2. The number of hydrogen-bond donors (Lipinski definition) is 0. The van der Waals surface area contributed by atoms with Crippen LogP contribution in [0.3, 0.4) is 0 Å². The molecule has 0 unspecified atom stereocenters. The Balaban J connectivity index is 0. The summed E-state index contributed by atoms with van der Waals surface area (Å²) >= 11 is 5.38. The van der Waals surface area contributed by atoms with Crippen LogP contribution in [-0.2, 0) is 0 Å². The Morgan fingerprint density at radius 3 is 1.12 bits per heavy atom. The van der Waals surface area contributed by atoms with Crippen molar-refractivity contribution in [3.63, 3.8) is 0 Å². The van der Waals surface area contributed by atoms with Gasteiger partial charge in [0.2, 0.25) is 0 Å². The molecule has 0 aromatic heterocycles. The molecule has 1 heteroatoms. The first-order valence-electron chi connectivity index (χ1n) is 11.0. The predicted octanol–water partition coefficient (Wildman–Crippen LogP) is 9.46. The van der Waals surface area contributed by atoms with E-state index < -0.39 is 0 Å². The molecule has 0 amide bonds. The fourth-order valence-corrected chi connectivity index (χ4v) is 2.85. The van der Waals surface area contributed by atoms with E-state index >= 15 is 0 Å². The lowest BCUT2D eigenvalue weighted by Gasteiger charge is -1.98. The van der Waals surface area contributed by atoms with Gasteiger partial charge in [0.15, 0.2) is 0 Å². The minimum atomic E-state index is 0.827. The van der Waals surface area contributed by atoms with Gasteiger partial charge in [-0.05, 0) is 32.1 Å². The highest BCUT2D eigenvalue weighted by molar-refractivity contribution is 6.17. The Hall–Kier alpha value is 0.0300. The van der Waals surface area contributed by atoms with Gasteiger partial charge < -0.3 is 0 Å². The molecule has 0 rings (SSSR count). The smallest absolute Gasteiger partial charge is 0.0223 e. The number of halogens is 1. The third-order valence-corrected chi connectivity index (χ3v) is 4.62.